The van der Waals surface area contributed by atoms with Crippen LogP contribution in [0.5, 0.6) is 0 Å². The van der Waals surface area contributed by atoms with E-state index in [1.54, 1.807) is 0 Å². The second kappa shape index (κ2) is 6.94. The molecule has 0 aromatic carbocycles. The number of rotatable bonds is 0. The predicted octanol–water partition coefficient (Wildman–Crippen LogP) is 3.40. The van der Waals surface area contributed by atoms with Crippen molar-refractivity contribution >= 4 is 16.1 Å². The molecular weight excluding hydrogens is 390 g/mol. The second-order valence-electron chi connectivity index (χ2n) is 5.12. The zero-order chi connectivity index (χ0) is 9.00. The molecule has 0 aliphatic carbocycles. The Morgan fingerprint density at radius 3 is 0.636 bits per heavy atom. The molecule has 0 atom stereocenters. The topological polar surface area (TPSA) is 0 Å². The summed E-state index contributed by atoms with van der Waals surface area (Å²) in [6.45, 7) is 21.1. The molecule has 0 amide bonds. The van der Waals surface area contributed by atoms with Gasteiger partial charge in [0.05, 0.1) is 0 Å². The van der Waals surface area contributed by atoms with E-state index in [0.29, 0.717) is 0 Å². The van der Waals surface area contributed by atoms with Crippen molar-refractivity contribution in [2.75, 3.05) is 0 Å². The summed E-state index contributed by atoms with van der Waals surface area (Å²) in [5.74, 6) is 0. The van der Waals surface area contributed by atoms with Gasteiger partial charge in [-0.2, -0.15) is 0 Å². The van der Waals surface area contributed by atoms with Gasteiger partial charge < -0.3 is 13.1 Å². The first-order chi connectivity index (χ1) is 4.00. The Balaban J connectivity index is -0.000000107. The van der Waals surface area contributed by atoms with E-state index >= 15 is 0 Å². The minimum absolute atomic E-state index is 0. The summed E-state index contributed by atoms with van der Waals surface area (Å²) >= 11 is 0. The normalized spacial score (nSPS) is 10.9. The molecule has 0 saturated carbocycles. The van der Waals surface area contributed by atoms with Crippen molar-refractivity contribution in [3.8, 4) is 0 Å². The van der Waals surface area contributed by atoms with Crippen molar-refractivity contribution in [2.45, 2.75) is 39.3 Å². The molecule has 0 saturated heterocycles. The van der Waals surface area contributed by atoms with Crippen molar-refractivity contribution in [3.05, 3.63) is 13.1 Å². The summed E-state index contributed by atoms with van der Waals surface area (Å²) in [6, 6.07) is 0. The Morgan fingerprint density at radius 2 is 0.636 bits per heavy atom. The zero-order valence-corrected chi connectivity index (χ0v) is 15.1. The van der Waals surface area contributed by atoms with Crippen LogP contribution in [0.2, 0.25) is 39.3 Å². The molecule has 0 N–H and O–H groups in total. The van der Waals surface area contributed by atoms with E-state index in [1.807, 2.05) is 0 Å². The van der Waals surface area contributed by atoms with E-state index in [0.717, 1.165) is 0 Å². The van der Waals surface area contributed by atoms with Crippen molar-refractivity contribution in [1.29, 1.82) is 0 Å². The van der Waals surface area contributed by atoms with E-state index in [9.17, 15) is 0 Å². The molecule has 3 heteroatoms. The standard InChI is InChI=1S/2C4H11Si.U/c2*1-5(2,3)4;/h2*1H2,2-4H3;/q2*-1;+2. The van der Waals surface area contributed by atoms with Gasteiger partial charge in [0.2, 0.25) is 0 Å². The van der Waals surface area contributed by atoms with Gasteiger partial charge in [0.15, 0.2) is 0 Å². The molecule has 0 aliphatic rings. The van der Waals surface area contributed by atoms with E-state index in [-0.39, 0.29) is 31.1 Å². The third-order valence-corrected chi connectivity index (χ3v) is 0. The molecule has 0 spiro atoms. The third kappa shape index (κ3) is 468. The van der Waals surface area contributed by atoms with Crippen molar-refractivity contribution < 1.29 is 31.1 Å². The van der Waals surface area contributed by atoms with Gasteiger partial charge in [0.25, 0.3) is 0 Å². The molecular formula is C8H22Si2U. The van der Waals surface area contributed by atoms with Crippen LogP contribution in [0.4, 0.5) is 0 Å². The number of hydrogen-bond acceptors (Lipinski definition) is 0. The predicted molar refractivity (Wildman–Crippen MR) is 57.4 cm³/mol. The summed E-state index contributed by atoms with van der Waals surface area (Å²) < 4.78 is 0. The molecule has 0 radical (unpaired) electrons. The maximum atomic E-state index is 3.91. The molecule has 0 rings (SSSR count). The SMILES string of the molecule is [CH2-][Si](C)(C)C.[CH2-][Si](C)(C)C.[U+2]. The van der Waals surface area contributed by atoms with Crippen LogP contribution in [0.25, 0.3) is 0 Å². The van der Waals surface area contributed by atoms with Crippen molar-refractivity contribution in [2.24, 2.45) is 0 Å². The molecule has 0 aliphatic heterocycles. The molecule has 0 fully saturated rings. The van der Waals surface area contributed by atoms with Gasteiger partial charge in [-0.25, -0.2) is 0 Å². The summed E-state index contributed by atoms with van der Waals surface area (Å²) in [7, 11) is -1.72. The molecule has 0 bridgehead atoms. The largest absolute Gasteiger partial charge is 2.00 e. The van der Waals surface area contributed by atoms with E-state index in [4.69, 9.17) is 0 Å². The van der Waals surface area contributed by atoms with Gasteiger partial charge in [-0.15, -0.1) is 16.1 Å². The summed E-state index contributed by atoms with van der Waals surface area (Å²) in [6.07, 6.45) is 0. The molecule has 0 heterocycles. The maximum Gasteiger partial charge on any atom is 2.00 e. The summed E-state index contributed by atoms with van der Waals surface area (Å²) in [4.78, 5) is 0. The van der Waals surface area contributed by atoms with Gasteiger partial charge in [-0.1, -0.05) is 39.3 Å². The van der Waals surface area contributed by atoms with Crippen LogP contribution in [-0.2, 0) is 0 Å². The van der Waals surface area contributed by atoms with Crippen LogP contribution in [-0.4, -0.2) is 16.1 Å². The minimum Gasteiger partial charge on any atom is -0.342 e. The van der Waals surface area contributed by atoms with Crippen LogP contribution in [0, 0.1) is 44.2 Å². The van der Waals surface area contributed by atoms with Gasteiger partial charge in [-0.05, 0) is 0 Å². The van der Waals surface area contributed by atoms with E-state index < -0.39 is 16.1 Å². The van der Waals surface area contributed by atoms with Crippen LogP contribution < -0.4 is 0 Å². The smallest absolute Gasteiger partial charge is 0.342 e. The molecule has 0 aromatic heterocycles. The van der Waals surface area contributed by atoms with Gasteiger partial charge in [-0.3, -0.25) is 0 Å². The third-order valence-electron chi connectivity index (χ3n) is 0. The fourth-order valence-corrected chi connectivity index (χ4v) is 0. The first-order valence-electron chi connectivity index (χ1n) is 3.71. The number of hydrogen-bond donors (Lipinski definition) is 0. The van der Waals surface area contributed by atoms with Crippen LogP contribution >= 0.6 is 0 Å². The fraction of sp³-hybridized carbons (Fsp3) is 0.750. The van der Waals surface area contributed by atoms with E-state index in [2.05, 4.69) is 52.4 Å². The van der Waals surface area contributed by atoms with Crippen molar-refractivity contribution in [1.82, 2.24) is 0 Å². The maximum absolute atomic E-state index is 3.91. The van der Waals surface area contributed by atoms with E-state index in [1.165, 1.54) is 0 Å². The van der Waals surface area contributed by atoms with Gasteiger partial charge in [0.1, 0.15) is 0 Å². The average molecular weight is 412 g/mol. The molecule has 11 heavy (non-hydrogen) atoms. The quantitative estimate of drug-likeness (QED) is 0.423. The average Bonchev–Trinajstić information content (AvgIpc) is 1.12. The van der Waals surface area contributed by atoms with Gasteiger partial charge in [0, 0.05) is 0 Å². The first-order valence-corrected chi connectivity index (χ1v) is 11.1. The molecule has 0 aromatic rings. The monoisotopic (exact) mass is 412 g/mol. The molecule has 66 valence electrons. The summed E-state index contributed by atoms with van der Waals surface area (Å²) in [5.41, 5.74) is 0. The Kier molecular flexibility index (Phi) is 11.6. The Hall–Kier alpha value is 1.49. The zero-order valence-electron chi connectivity index (χ0n) is 8.91. The summed E-state index contributed by atoms with van der Waals surface area (Å²) in [5, 5.41) is 0. The van der Waals surface area contributed by atoms with Crippen LogP contribution in [0.3, 0.4) is 0 Å². The minimum atomic E-state index is -0.861. The fourth-order valence-electron chi connectivity index (χ4n) is 0. The molecule has 0 unspecified atom stereocenters. The first kappa shape index (κ1) is 18.3. The second-order valence-corrected chi connectivity index (χ2v) is 15.4. The Morgan fingerprint density at radius 1 is 0.636 bits per heavy atom. The van der Waals surface area contributed by atoms with Crippen molar-refractivity contribution in [3.63, 3.8) is 0 Å². The Bertz CT molecular complexity index is 55.1. The van der Waals surface area contributed by atoms with Gasteiger partial charge >= 0.3 is 31.1 Å². The Labute approximate surface area is 98.9 Å². The van der Waals surface area contributed by atoms with Crippen LogP contribution in [0.1, 0.15) is 0 Å². The molecule has 0 nitrogen and oxygen atoms in total. The van der Waals surface area contributed by atoms with Crippen LogP contribution in [0.15, 0.2) is 0 Å².